The van der Waals surface area contributed by atoms with Gasteiger partial charge in [0.25, 0.3) is 12.8 Å². The SMILES string of the molecule is Nc1nc(/C(=N\OCF)C(=O)NC2CN3C(C(=O)O)=C(/C=N/N4CCNC4NC4CC4)CSC23)ns1. The highest BCUT2D eigenvalue weighted by Crippen LogP contribution is 2.39. The van der Waals surface area contributed by atoms with Crippen molar-refractivity contribution in [3.63, 3.8) is 0 Å². The van der Waals surface area contributed by atoms with E-state index >= 15 is 0 Å². The first-order valence-electron chi connectivity index (χ1n) is 11.3. The summed E-state index contributed by atoms with van der Waals surface area (Å²) in [6, 6.07) is 0.126. The van der Waals surface area contributed by atoms with E-state index in [9.17, 15) is 19.1 Å². The number of carboxylic acid groups (broad SMARTS) is 1. The first-order valence-corrected chi connectivity index (χ1v) is 13.1. The molecule has 3 fully saturated rings. The molecule has 36 heavy (non-hydrogen) atoms. The summed E-state index contributed by atoms with van der Waals surface area (Å²) in [6.45, 7) is 0.554. The Labute approximate surface area is 213 Å². The third-order valence-electron chi connectivity index (χ3n) is 5.95. The van der Waals surface area contributed by atoms with Gasteiger partial charge in [-0.05, 0) is 12.8 Å². The monoisotopic (exact) mass is 540 g/mol. The van der Waals surface area contributed by atoms with Crippen LogP contribution in [-0.2, 0) is 14.4 Å². The first-order chi connectivity index (χ1) is 17.4. The van der Waals surface area contributed by atoms with Crippen LogP contribution < -0.4 is 21.7 Å². The van der Waals surface area contributed by atoms with Crippen molar-refractivity contribution in [2.75, 3.05) is 38.0 Å². The summed E-state index contributed by atoms with van der Waals surface area (Å²) in [6.07, 6.45) is 3.86. The average molecular weight is 541 g/mol. The Balaban J connectivity index is 1.25. The second-order valence-corrected chi connectivity index (χ2v) is 10.3. The molecule has 1 aromatic rings. The number of aromatic nitrogens is 2. The lowest BCUT2D eigenvalue weighted by molar-refractivity contribution is -0.135. The van der Waals surface area contributed by atoms with Crippen LogP contribution in [0.15, 0.2) is 21.5 Å². The fraction of sp³-hybridized carbons (Fsp3) is 0.579. The fourth-order valence-electron chi connectivity index (χ4n) is 4.09. The van der Waals surface area contributed by atoms with Gasteiger partial charge in [-0.25, -0.2) is 9.18 Å². The van der Waals surface area contributed by atoms with Crippen molar-refractivity contribution in [1.29, 1.82) is 0 Å². The minimum atomic E-state index is -1.23. The van der Waals surface area contributed by atoms with E-state index in [0.29, 0.717) is 17.4 Å². The van der Waals surface area contributed by atoms with Gasteiger partial charge in [0.2, 0.25) is 11.5 Å². The summed E-state index contributed by atoms with van der Waals surface area (Å²) in [5, 5.41) is 29.3. The highest BCUT2D eigenvalue weighted by Gasteiger charge is 2.47. The van der Waals surface area contributed by atoms with Gasteiger partial charge in [-0.15, -0.1) is 11.8 Å². The largest absolute Gasteiger partial charge is 0.477 e. The molecule has 4 aliphatic rings. The minimum absolute atomic E-state index is 0.0602. The smallest absolute Gasteiger partial charge is 0.352 e. The van der Waals surface area contributed by atoms with Crippen LogP contribution in [0.4, 0.5) is 9.52 Å². The Bertz CT molecular complexity index is 1110. The van der Waals surface area contributed by atoms with Crippen LogP contribution >= 0.6 is 23.3 Å². The molecule has 3 aliphatic heterocycles. The molecule has 0 radical (unpaired) electrons. The molecule has 17 heteroatoms. The summed E-state index contributed by atoms with van der Waals surface area (Å²) in [4.78, 5) is 35.0. The van der Waals surface area contributed by atoms with Gasteiger partial charge in [0.1, 0.15) is 5.70 Å². The molecular weight excluding hydrogens is 515 g/mol. The molecule has 5 rings (SSSR count). The van der Waals surface area contributed by atoms with E-state index in [1.54, 1.807) is 11.1 Å². The second-order valence-electron chi connectivity index (χ2n) is 8.45. The summed E-state index contributed by atoms with van der Waals surface area (Å²) in [7, 11) is 0. The number of anilines is 1. The van der Waals surface area contributed by atoms with E-state index in [0.717, 1.165) is 37.5 Å². The summed E-state index contributed by atoms with van der Waals surface area (Å²) in [5.74, 6) is -1.39. The zero-order chi connectivity index (χ0) is 25.2. The number of nitrogen functional groups attached to an aromatic ring is 1. The Kier molecular flexibility index (Phi) is 7.22. The van der Waals surface area contributed by atoms with Crippen LogP contribution in [0, 0.1) is 0 Å². The lowest BCUT2D eigenvalue weighted by Crippen LogP contribution is -2.67. The number of halogens is 1. The normalized spacial score (nSPS) is 26.2. The standard InChI is InChI=1S/C19H25FN10O4S2/c20-8-34-27-12(14-26-18(21)36-28-14)15(31)25-11-6-29-13(17(32)33)9(7-35-16(11)29)5-23-30-4-3-22-19(30)24-10-1-2-10/h5,10-11,16,19,22,24H,1-4,6-8H2,(H,25,31)(H,32,33)(H2,21,26,28)/b23-5+,27-12+. The number of amides is 1. The number of hydrazone groups is 1. The molecule has 3 unspecified atom stereocenters. The number of aliphatic carboxylic acids is 1. The molecule has 2 saturated heterocycles. The zero-order valence-corrected chi connectivity index (χ0v) is 20.6. The molecule has 1 saturated carbocycles. The predicted molar refractivity (Wildman–Crippen MR) is 131 cm³/mol. The van der Waals surface area contributed by atoms with E-state index < -0.39 is 18.7 Å². The van der Waals surface area contributed by atoms with Crippen molar-refractivity contribution >= 4 is 52.2 Å². The third kappa shape index (κ3) is 5.23. The third-order valence-corrected chi connectivity index (χ3v) is 7.89. The molecule has 194 valence electrons. The van der Waals surface area contributed by atoms with Gasteiger partial charge < -0.3 is 25.9 Å². The molecule has 3 atom stereocenters. The van der Waals surface area contributed by atoms with Gasteiger partial charge >= 0.3 is 5.97 Å². The van der Waals surface area contributed by atoms with Gasteiger partial charge in [-0.3, -0.25) is 20.4 Å². The molecular formula is C19H25FN10O4S2. The highest BCUT2D eigenvalue weighted by molar-refractivity contribution is 8.00. The fourth-order valence-corrected chi connectivity index (χ4v) is 5.85. The first kappa shape index (κ1) is 24.7. The number of nitrogens with two attached hydrogens (primary N) is 1. The highest BCUT2D eigenvalue weighted by atomic mass is 32.2. The van der Waals surface area contributed by atoms with Crippen LogP contribution in [0.5, 0.6) is 0 Å². The van der Waals surface area contributed by atoms with Gasteiger partial charge in [0.05, 0.1) is 24.2 Å². The van der Waals surface area contributed by atoms with Crippen LogP contribution in [0.3, 0.4) is 0 Å². The molecule has 0 aromatic carbocycles. The van der Waals surface area contributed by atoms with E-state index in [1.165, 1.54) is 11.8 Å². The van der Waals surface area contributed by atoms with Crippen molar-refractivity contribution in [2.24, 2.45) is 10.3 Å². The lowest BCUT2D eigenvalue weighted by Gasteiger charge is -2.51. The van der Waals surface area contributed by atoms with E-state index in [4.69, 9.17) is 5.73 Å². The number of hydrogen-bond acceptors (Lipinski definition) is 14. The number of hydrogen-bond donors (Lipinski definition) is 5. The summed E-state index contributed by atoms with van der Waals surface area (Å²) < 4.78 is 16.4. The Hall–Kier alpha value is -3.02. The molecule has 4 heterocycles. The molecule has 0 bridgehead atoms. The van der Waals surface area contributed by atoms with E-state index in [2.05, 4.69) is 40.4 Å². The number of carbonyl (C=O) groups excluding carboxylic acids is 1. The number of oxime groups is 1. The predicted octanol–water partition coefficient (Wildman–Crippen LogP) is -1.09. The number of thioether (sulfide) groups is 1. The van der Waals surface area contributed by atoms with Crippen molar-refractivity contribution in [3.8, 4) is 0 Å². The molecule has 1 amide bonds. The van der Waals surface area contributed by atoms with Crippen LogP contribution in [-0.4, -0.2) is 104 Å². The van der Waals surface area contributed by atoms with Crippen LogP contribution in [0.2, 0.25) is 0 Å². The van der Waals surface area contributed by atoms with Gasteiger partial charge in [-0.2, -0.15) is 14.5 Å². The summed E-state index contributed by atoms with van der Waals surface area (Å²) >= 11 is 2.36. The number of nitrogens with one attached hydrogen (secondary N) is 3. The molecule has 1 aliphatic carbocycles. The maximum Gasteiger partial charge on any atom is 0.352 e. The van der Waals surface area contributed by atoms with Crippen LogP contribution in [0.25, 0.3) is 0 Å². The van der Waals surface area contributed by atoms with Gasteiger partial charge in [0.15, 0.2) is 11.4 Å². The van der Waals surface area contributed by atoms with E-state index in [-0.39, 0.29) is 46.6 Å². The maximum atomic E-state index is 12.8. The molecule has 6 N–H and O–H groups in total. The Morgan fingerprint density at radius 1 is 1.42 bits per heavy atom. The molecule has 14 nitrogen and oxygen atoms in total. The van der Waals surface area contributed by atoms with Crippen molar-refractivity contribution in [2.45, 2.75) is 36.6 Å². The second kappa shape index (κ2) is 10.5. The minimum Gasteiger partial charge on any atom is -0.477 e. The topological polar surface area (TPSA) is 183 Å². The van der Waals surface area contributed by atoms with Crippen molar-refractivity contribution < 1.29 is 23.9 Å². The van der Waals surface area contributed by atoms with Gasteiger partial charge in [0, 0.05) is 42.0 Å². The quantitative estimate of drug-likeness (QED) is 0.179. The Morgan fingerprint density at radius 2 is 2.25 bits per heavy atom. The molecule has 1 aromatic heterocycles. The van der Waals surface area contributed by atoms with Crippen molar-refractivity contribution in [3.05, 3.63) is 17.1 Å². The number of carboxylic acids is 1. The maximum absolute atomic E-state index is 12.8. The average Bonchev–Trinajstić information content (AvgIpc) is 3.38. The summed E-state index contributed by atoms with van der Waals surface area (Å²) in [5.41, 5.74) is 6.03. The number of rotatable bonds is 10. The van der Waals surface area contributed by atoms with Crippen LogP contribution in [0.1, 0.15) is 18.7 Å². The van der Waals surface area contributed by atoms with Gasteiger partial charge in [-0.1, -0.05) is 5.16 Å². The zero-order valence-electron chi connectivity index (χ0n) is 19.0. The number of alkyl halides is 1. The van der Waals surface area contributed by atoms with E-state index in [1.807, 2.05) is 5.01 Å². The van der Waals surface area contributed by atoms with Crippen molar-refractivity contribution in [1.82, 2.24) is 35.2 Å². The number of nitrogens with zero attached hydrogens (tertiary/aromatic N) is 6. The number of carbonyl (C=O) groups is 2. The number of fused-ring (bicyclic) bond motifs is 1. The molecule has 0 spiro atoms. The Morgan fingerprint density at radius 3 is 2.94 bits per heavy atom. The lowest BCUT2D eigenvalue weighted by atomic mass is 10.0.